The second-order valence-electron chi connectivity index (χ2n) is 5.67. The van der Waals surface area contributed by atoms with Crippen molar-refractivity contribution in [3.05, 3.63) is 58.6 Å². The standard InChI is InChI=1S/C18H16BrN3O3/c19-14-5-7-15(8-6-14)22-11-13(9-17(22)24)18(25)21-20-10-12-3-1-2-4-16(12)23/h1-8,10,13,23H,9,11H2,(H,21,25)/b20-10+/t13-/m1/s1. The number of anilines is 1. The minimum absolute atomic E-state index is 0.0814. The van der Waals surface area contributed by atoms with E-state index in [0.717, 1.165) is 10.2 Å². The van der Waals surface area contributed by atoms with Crippen molar-refractivity contribution < 1.29 is 14.7 Å². The first kappa shape index (κ1) is 17.2. The topological polar surface area (TPSA) is 82.0 Å². The van der Waals surface area contributed by atoms with Gasteiger partial charge < -0.3 is 10.0 Å². The number of phenols is 1. The van der Waals surface area contributed by atoms with Crippen LogP contribution in [0.25, 0.3) is 0 Å². The maximum absolute atomic E-state index is 12.2. The molecule has 1 aliphatic rings. The molecule has 0 bridgehead atoms. The van der Waals surface area contributed by atoms with Gasteiger partial charge in [0, 0.05) is 28.7 Å². The molecule has 7 heteroatoms. The Kier molecular flexibility index (Phi) is 5.14. The summed E-state index contributed by atoms with van der Waals surface area (Å²) < 4.78 is 0.927. The zero-order chi connectivity index (χ0) is 17.8. The van der Waals surface area contributed by atoms with E-state index < -0.39 is 5.92 Å². The highest BCUT2D eigenvalue weighted by Crippen LogP contribution is 2.26. The molecule has 0 saturated carbocycles. The Morgan fingerprint density at radius 3 is 2.68 bits per heavy atom. The second-order valence-corrected chi connectivity index (χ2v) is 6.59. The first-order valence-corrected chi connectivity index (χ1v) is 8.51. The number of carbonyl (C=O) groups is 2. The Bertz CT molecular complexity index is 821. The van der Waals surface area contributed by atoms with E-state index in [0.29, 0.717) is 12.1 Å². The lowest BCUT2D eigenvalue weighted by Gasteiger charge is -2.16. The number of nitrogens with zero attached hydrogens (tertiary/aromatic N) is 2. The highest BCUT2D eigenvalue weighted by Gasteiger charge is 2.35. The van der Waals surface area contributed by atoms with Gasteiger partial charge in [0.25, 0.3) is 0 Å². The number of aromatic hydroxyl groups is 1. The molecule has 0 aromatic heterocycles. The fraction of sp³-hybridized carbons (Fsp3) is 0.167. The third-order valence-corrected chi connectivity index (χ3v) is 4.48. The minimum atomic E-state index is -0.460. The van der Waals surface area contributed by atoms with Crippen LogP contribution in [0.4, 0.5) is 5.69 Å². The summed E-state index contributed by atoms with van der Waals surface area (Å²) in [6.07, 6.45) is 1.52. The molecule has 0 spiro atoms. The van der Waals surface area contributed by atoms with E-state index in [9.17, 15) is 14.7 Å². The summed E-state index contributed by atoms with van der Waals surface area (Å²) in [6, 6.07) is 14.0. The average Bonchev–Trinajstić information content (AvgIpc) is 2.99. The Morgan fingerprint density at radius 2 is 1.96 bits per heavy atom. The Morgan fingerprint density at radius 1 is 1.24 bits per heavy atom. The number of amides is 2. The molecule has 0 aliphatic carbocycles. The van der Waals surface area contributed by atoms with Gasteiger partial charge in [-0.05, 0) is 36.4 Å². The zero-order valence-corrected chi connectivity index (χ0v) is 14.8. The zero-order valence-electron chi connectivity index (χ0n) is 13.2. The van der Waals surface area contributed by atoms with Gasteiger partial charge in [0.05, 0.1) is 12.1 Å². The maximum Gasteiger partial charge on any atom is 0.245 e. The normalized spacial score (nSPS) is 17.2. The van der Waals surface area contributed by atoms with Crippen molar-refractivity contribution in [2.45, 2.75) is 6.42 Å². The molecule has 1 atom stereocenters. The van der Waals surface area contributed by atoms with Crippen LogP contribution in [0.2, 0.25) is 0 Å². The molecule has 1 saturated heterocycles. The molecule has 2 aromatic carbocycles. The van der Waals surface area contributed by atoms with Crippen LogP contribution in [-0.4, -0.2) is 29.7 Å². The van der Waals surface area contributed by atoms with Crippen LogP contribution in [-0.2, 0) is 9.59 Å². The van der Waals surface area contributed by atoms with Crippen LogP contribution in [0.5, 0.6) is 5.75 Å². The second kappa shape index (κ2) is 7.48. The van der Waals surface area contributed by atoms with Crippen LogP contribution >= 0.6 is 15.9 Å². The highest BCUT2D eigenvalue weighted by atomic mass is 79.9. The fourth-order valence-corrected chi connectivity index (χ4v) is 2.87. The molecule has 25 heavy (non-hydrogen) atoms. The summed E-state index contributed by atoms with van der Waals surface area (Å²) in [7, 11) is 0. The van der Waals surface area contributed by atoms with E-state index in [2.05, 4.69) is 26.5 Å². The number of hydrogen-bond donors (Lipinski definition) is 2. The van der Waals surface area contributed by atoms with Gasteiger partial charge in [-0.3, -0.25) is 9.59 Å². The molecule has 0 radical (unpaired) electrons. The predicted molar refractivity (Wildman–Crippen MR) is 98.4 cm³/mol. The lowest BCUT2D eigenvalue weighted by atomic mass is 10.1. The molecule has 1 fully saturated rings. The van der Waals surface area contributed by atoms with Crippen LogP contribution in [0.1, 0.15) is 12.0 Å². The van der Waals surface area contributed by atoms with Gasteiger partial charge >= 0.3 is 0 Å². The van der Waals surface area contributed by atoms with Crippen LogP contribution in [0.15, 0.2) is 58.1 Å². The van der Waals surface area contributed by atoms with E-state index in [4.69, 9.17) is 0 Å². The van der Waals surface area contributed by atoms with E-state index in [1.54, 1.807) is 23.1 Å². The number of hydrogen-bond acceptors (Lipinski definition) is 4. The van der Waals surface area contributed by atoms with Crippen molar-refractivity contribution in [2.24, 2.45) is 11.0 Å². The quantitative estimate of drug-likeness (QED) is 0.610. The number of rotatable bonds is 4. The summed E-state index contributed by atoms with van der Waals surface area (Å²) in [5.74, 6) is -0.789. The van der Waals surface area contributed by atoms with Crippen molar-refractivity contribution in [1.29, 1.82) is 0 Å². The monoisotopic (exact) mass is 401 g/mol. The molecule has 6 nitrogen and oxygen atoms in total. The van der Waals surface area contributed by atoms with Crippen LogP contribution in [0, 0.1) is 5.92 Å². The SMILES string of the molecule is O=C(N/N=C/c1ccccc1O)[C@@H]1CC(=O)N(c2ccc(Br)cc2)C1. The summed E-state index contributed by atoms with van der Waals surface area (Å²) >= 11 is 3.36. The Balaban J connectivity index is 1.61. The number of phenolic OH excluding ortho intramolecular Hbond substituents is 1. The Labute approximate surface area is 153 Å². The molecule has 3 rings (SSSR count). The summed E-state index contributed by atoms with van der Waals surface area (Å²) in [6.45, 7) is 0.318. The molecular weight excluding hydrogens is 386 g/mol. The first-order valence-electron chi connectivity index (χ1n) is 7.71. The molecule has 0 unspecified atom stereocenters. The van der Waals surface area contributed by atoms with Crippen molar-refractivity contribution in [1.82, 2.24) is 5.43 Å². The number of hydrazone groups is 1. The molecule has 128 valence electrons. The number of halogens is 1. The van der Waals surface area contributed by atoms with Crippen LogP contribution in [0.3, 0.4) is 0 Å². The minimum Gasteiger partial charge on any atom is -0.507 e. The lowest BCUT2D eigenvalue weighted by molar-refractivity contribution is -0.126. The van der Waals surface area contributed by atoms with Crippen LogP contribution < -0.4 is 10.3 Å². The van der Waals surface area contributed by atoms with Crippen molar-refractivity contribution in [3.63, 3.8) is 0 Å². The van der Waals surface area contributed by atoms with E-state index in [1.807, 2.05) is 24.3 Å². The maximum atomic E-state index is 12.2. The van der Waals surface area contributed by atoms with Crippen molar-refractivity contribution in [2.75, 3.05) is 11.4 Å². The van der Waals surface area contributed by atoms with Crippen molar-refractivity contribution in [3.8, 4) is 5.75 Å². The summed E-state index contributed by atoms with van der Waals surface area (Å²) in [5, 5.41) is 13.5. The number of carbonyl (C=O) groups excluding carboxylic acids is 2. The summed E-state index contributed by atoms with van der Waals surface area (Å²) in [5.41, 5.74) is 3.70. The van der Waals surface area contributed by atoms with Gasteiger partial charge in [0.1, 0.15) is 5.75 Å². The number of nitrogens with one attached hydrogen (secondary N) is 1. The lowest BCUT2D eigenvalue weighted by Crippen LogP contribution is -2.30. The highest BCUT2D eigenvalue weighted by molar-refractivity contribution is 9.10. The molecule has 2 amide bonds. The van der Waals surface area contributed by atoms with Gasteiger partial charge in [-0.1, -0.05) is 28.1 Å². The van der Waals surface area contributed by atoms with Gasteiger partial charge in [0.15, 0.2) is 0 Å². The molecular formula is C18H16BrN3O3. The van der Waals surface area contributed by atoms with Gasteiger partial charge in [-0.25, -0.2) is 5.43 Å². The largest absolute Gasteiger partial charge is 0.507 e. The van der Waals surface area contributed by atoms with Gasteiger partial charge in [-0.2, -0.15) is 5.10 Å². The number of benzene rings is 2. The molecule has 2 aromatic rings. The molecule has 1 heterocycles. The van der Waals surface area contributed by atoms with E-state index >= 15 is 0 Å². The Hall–Kier alpha value is -2.67. The smallest absolute Gasteiger partial charge is 0.245 e. The summed E-state index contributed by atoms with van der Waals surface area (Å²) in [4.78, 5) is 26.0. The first-order chi connectivity index (χ1) is 12.0. The van der Waals surface area contributed by atoms with Gasteiger partial charge in [-0.15, -0.1) is 0 Å². The molecule has 1 aliphatic heterocycles. The predicted octanol–water partition coefficient (Wildman–Crippen LogP) is 2.66. The average molecular weight is 402 g/mol. The van der Waals surface area contributed by atoms with E-state index in [-0.39, 0.29) is 24.0 Å². The third-order valence-electron chi connectivity index (χ3n) is 3.95. The molecule has 2 N–H and O–H groups in total. The number of para-hydroxylation sites is 1. The van der Waals surface area contributed by atoms with Crippen molar-refractivity contribution >= 4 is 39.6 Å². The van der Waals surface area contributed by atoms with Gasteiger partial charge in [0.2, 0.25) is 11.8 Å². The van der Waals surface area contributed by atoms with E-state index in [1.165, 1.54) is 12.3 Å². The fourth-order valence-electron chi connectivity index (χ4n) is 2.61. The third kappa shape index (κ3) is 4.06.